The molecule has 0 unspecified atom stereocenters. The van der Waals surface area contributed by atoms with Crippen molar-refractivity contribution in [1.29, 1.82) is 0 Å². The van der Waals surface area contributed by atoms with Crippen LogP contribution in [0.15, 0.2) is 209 Å². The molecule has 0 saturated heterocycles. The number of hydrogen-bond acceptors (Lipinski definition) is 5. The average molecular weight is 792 g/mol. The molecule has 0 atom stereocenters. The lowest BCUT2D eigenvalue weighted by Gasteiger charge is -2.12. The third kappa shape index (κ3) is 5.38. The van der Waals surface area contributed by atoms with Crippen molar-refractivity contribution in [2.24, 2.45) is 0 Å². The number of benzene rings is 10. The van der Waals surface area contributed by atoms with Crippen molar-refractivity contribution in [2.75, 3.05) is 0 Å². The predicted molar refractivity (Wildman–Crippen MR) is 254 cm³/mol. The van der Waals surface area contributed by atoms with E-state index in [0.29, 0.717) is 17.5 Å². The molecule has 0 bridgehead atoms. The molecule has 10 aromatic carbocycles. The highest BCUT2D eigenvalue weighted by atomic mass is 16.3. The van der Waals surface area contributed by atoms with Gasteiger partial charge in [-0.2, -0.15) is 0 Å². The van der Waals surface area contributed by atoms with Crippen molar-refractivity contribution in [3.05, 3.63) is 200 Å². The minimum absolute atomic E-state index is 0.585. The van der Waals surface area contributed by atoms with Crippen LogP contribution in [0, 0.1) is 0 Å². The Kier molecular flexibility index (Phi) is 7.54. The van der Waals surface area contributed by atoms with Gasteiger partial charge >= 0.3 is 0 Å². The van der Waals surface area contributed by atoms with Crippen LogP contribution < -0.4 is 0 Å². The molecule has 0 aliphatic carbocycles. The van der Waals surface area contributed by atoms with E-state index in [0.717, 1.165) is 82.8 Å². The number of furan rings is 2. The highest BCUT2D eigenvalue weighted by molar-refractivity contribution is 6.26. The first-order chi connectivity index (χ1) is 30.7. The number of aromatic nitrogens is 3. The number of nitrogens with zero attached hydrogens (tertiary/aromatic N) is 3. The van der Waals surface area contributed by atoms with Gasteiger partial charge in [-0.15, -0.1) is 0 Å². The van der Waals surface area contributed by atoms with Crippen molar-refractivity contribution in [3.8, 4) is 56.4 Å². The SMILES string of the molecule is c1ccc(-c2nc(-c3cccc(-c4cccc5oc6ccc(-c7ccc8c9ccccc9c9ccccc9c8c7)cc6c45)c3)nc(-c3cccc4oc5ccccc5c34)n2)cc1. The first kappa shape index (κ1) is 34.5. The summed E-state index contributed by atoms with van der Waals surface area (Å²) in [5.74, 6) is 1.77. The van der Waals surface area contributed by atoms with Gasteiger partial charge in [0.15, 0.2) is 17.5 Å². The van der Waals surface area contributed by atoms with Gasteiger partial charge in [-0.05, 0) is 97.0 Å². The molecule has 13 aromatic rings. The molecule has 13 rings (SSSR count). The van der Waals surface area contributed by atoms with Crippen molar-refractivity contribution < 1.29 is 8.83 Å². The molecule has 0 radical (unpaired) electrons. The standard InChI is InChI=1S/C57H33N3O2/c1-2-13-34(14-3-1)55-58-56(60-57(59-55)46-23-12-26-52-54(46)45-21-8-9-24-49(45)61-52)38-16-10-15-37(31-38)39-22-11-25-51-53(39)48-33-36(28-30-50(48)62-51)35-27-29-44-42-19-5-4-17-40(42)41-18-6-7-20-43(41)47(44)32-35/h1-33H. The van der Waals surface area contributed by atoms with E-state index in [1.807, 2.05) is 60.7 Å². The molecular formula is C57H33N3O2. The molecule has 288 valence electrons. The lowest BCUT2D eigenvalue weighted by molar-refractivity contribution is 0.668. The third-order valence-corrected chi connectivity index (χ3v) is 12.3. The van der Waals surface area contributed by atoms with Crippen LogP contribution >= 0.6 is 0 Å². The topological polar surface area (TPSA) is 65.0 Å². The maximum absolute atomic E-state index is 6.54. The minimum Gasteiger partial charge on any atom is -0.456 e. The fraction of sp³-hybridized carbons (Fsp3) is 0. The molecule has 3 heterocycles. The molecule has 0 N–H and O–H groups in total. The Balaban J connectivity index is 0.962. The second kappa shape index (κ2) is 13.6. The monoisotopic (exact) mass is 791 g/mol. The van der Waals surface area contributed by atoms with E-state index in [4.69, 9.17) is 23.8 Å². The van der Waals surface area contributed by atoms with Crippen molar-refractivity contribution in [2.45, 2.75) is 0 Å². The largest absolute Gasteiger partial charge is 0.456 e. The molecular weight excluding hydrogens is 759 g/mol. The highest BCUT2D eigenvalue weighted by Gasteiger charge is 2.20. The summed E-state index contributed by atoms with van der Waals surface area (Å²) in [4.78, 5) is 15.4. The fourth-order valence-corrected chi connectivity index (χ4v) is 9.46. The summed E-state index contributed by atoms with van der Waals surface area (Å²) in [6.07, 6.45) is 0. The molecule has 0 amide bonds. The Hall–Kier alpha value is -8.41. The summed E-state index contributed by atoms with van der Waals surface area (Å²) in [6.45, 7) is 0. The van der Waals surface area contributed by atoms with E-state index in [2.05, 4.69) is 140 Å². The summed E-state index contributed by atoms with van der Waals surface area (Å²) >= 11 is 0. The van der Waals surface area contributed by atoms with E-state index in [1.54, 1.807) is 0 Å². The normalized spacial score (nSPS) is 11.9. The van der Waals surface area contributed by atoms with Gasteiger partial charge in [0.05, 0.1) is 0 Å². The summed E-state index contributed by atoms with van der Waals surface area (Å²) < 4.78 is 12.8. The molecule has 0 aliphatic heterocycles. The smallest absolute Gasteiger partial charge is 0.164 e. The van der Waals surface area contributed by atoms with Gasteiger partial charge in [0.2, 0.25) is 0 Å². The van der Waals surface area contributed by atoms with Crippen LogP contribution in [-0.4, -0.2) is 15.0 Å². The van der Waals surface area contributed by atoms with E-state index < -0.39 is 0 Å². The van der Waals surface area contributed by atoms with Gasteiger partial charge in [0.1, 0.15) is 22.3 Å². The summed E-state index contributed by atoms with van der Waals surface area (Å²) in [7, 11) is 0. The molecule has 5 nitrogen and oxygen atoms in total. The zero-order chi connectivity index (χ0) is 40.7. The number of para-hydroxylation sites is 1. The van der Waals surface area contributed by atoms with Crippen LogP contribution in [0.3, 0.4) is 0 Å². The van der Waals surface area contributed by atoms with Crippen LogP contribution in [-0.2, 0) is 0 Å². The Labute approximate surface area is 355 Å². The molecule has 0 spiro atoms. The zero-order valence-electron chi connectivity index (χ0n) is 33.2. The third-order valence-electron chi connectivity index (χ3n) is 12.3. The number of hydrogen-bond donors (Lipinski definition) is 0. The maximum Gasteiger partial charge on any atom is 0.164 e. The molecule has 62 heavy (non-hydrogen) atoms. The predicted octanol–water partition coefficient (Wildman–Crippen LogP) is 15.5. The lowest BCUT2D eigenvalue weighted by atomic mass is 9.91. The van der Waals surface area contributed by atoms with E-state index in [1.165, 1.54) is 32.3 Å². The second-order valence-electron chi connectivity index (χ2n) is 15.9. The Morgan fingerprint density at radius 2 is 0.710 bits per heavy atom. The summed E-state index contributed by atoms with van der Waals surface area (Å²) in [6, 6.07) is 69.9. The van der Waals surface area contributed by atoms with Crippen molar-refractivity contribution >= 4 is 76.2 Å². The summed E-state index contributed by atoms with van der Waals surface area (Å²) in [5.41, 5.74) is 10.4. The second-order valence-corrected chi connectivity index (χ2v) is 15.9. The van der Waals surface area contributed by atoms with Crippen LogP contribution in [0.25, 0.3) is 133 Å². The first-order valence-corrected chi connectivity index (χ1v) is 20.8. The van der Waals surface area contributed by atoms with Gasteiger partial charge < -0.3 is 8.83 Å². The van der Waals surface area contributed by atoms with E-state index >= 15 is 0 Å². The van der Waals surface area contributed by atoms with Crippen LogP contribution in [0.2, 0.25) is 0 Å². The fourth-order valence-electron chi connectivity index (χ4n) is 9.46. The number of rotatable bonds is 5. The zero-order valence-corrected chi connectivity index (χ0v) is 33.2. The maximum atomic E-state index is 6.54. The first-order valence-electron chi connectivity index (χ1n) is 20.8. The van der Waals surface area contributed by atoms with Crippen molar-refractivity contribution in [3.63, 3.8) is 0 Å². The average Bonchev–Trinajstić information content (AvgIpc) is 3.92. The van der Waals surface area contributed by atoms with Gasteiger partial charge in [0.25, 0.3) is 0 Å². The van der Waals surface area contributed by atoms with Gasteiger partial charge in [-0.25, -0.2) is 15.0 Å². The molecule has 3 aromatic heterocycles. The minimum atomic E-state index is 0.585. The Morgan fingerprint density at radius 3 is 1.44 bits per heavy atom. The molecule has 0 fully saturated rings. The number of fused-ring (bicyclic) bond motifs is 12. The quantitative estimate of drug-likeness (QED) is 0.162. The van der Waals surface area contributed by atoms with E-state index in [-0.39, 0.29) is 0 Å². The Morgan fingerprint density at radius 1 is 0.242 bits per heavy atom. The highest BCUT2D eigenvalue weighted by Crippen LogP contribution is 2.42. The van der Waals surface area contributed by atoms with Gasteiger partial charge in [-0.1, -0.05) is 158 Å². The van der Waals surface area contributed by atoms with E-state index in [9.17, 15) is 0 Å². The van der Waals surface area contributed by atoms with Crippen LogP contribution in [0.4, 0.5) is 0 Å². The molecule has 0 saturated carbocycles. The van der Waals surface area contributed by atoms with Gasteiger partial charge in [0, 0.05) is 38.2 Å². The molecule has 5 heteroatoms. The van der Waals surface area contributed by atoms with Gasteiger partial charge in [-0.3, -0.25) is 0 Å². The van der Waals surface area contributed by atoms with Crippen molar-refractivity contribution in [1.82, 2.24) is 15.0 Å². The summed E-state index contributed by atoms with van der Waals surface area (Å²) in [5, 5.41) is 11.7. The lowest BCUT2D eigenvalue weighted by Crippen LogP contribution is -2.00. The van der Waals surface area contributed by atoms with Crippen LogP contribution in [0.1, 0.15) is 0 Å². The molecule has 0 aliphatic rings. The Bertz CT molecular complexity index is 3900. The van der Waals surface area contributed by atoms with Crippen LogP contribution in [0.5, 0.6) is 0 Å².